The van der Waals surface area contributed by atoms with Crippen LogP contribution in [0.3, 0.4) is 0 Å². The van der Waals surface area contributed by atoms with Gasteiger partial charge in [0.25, 0.3) is 0 Å². The highest BCUT2D eigenvalue weighted by molar-refractivity contribution is 5.77. The lowest BCUT2D eigenvalue weighted by Gasteiger charge is -2.47. The van der Waals surface area contributed by atoms with Gasteiger partial charge in [-0.3, -0.25) is 14.7 Å². The molecule has 27 heavy (non-hydrogen) atoms. The van der Waals surface area contributed by atoms with E-state index in [1.165, 1.54) is 12.8 Å². The van der Waals surface area contributed by atoms with Gasteiger partial charge in [0.2, 0.25) is 5.91 Å². The van der Waals surface area contributed by atoms with Gasteiger partial charge in [-0.2, -0.15) is 0 Å². The number of amides is 1. The standard InChI is InChI=1S/C21H31N3O3/c1-26-18-6-10-22-17(20(18)27-2)14-23-11-8-21(9-12-23)7-5-19(25)24(15-21)13-16-3-4-16/h6,10,16H,3-5,7-9,11-15H2,1-2H3. The molecule has 4 rings (SSSR count). The van der Waals surface area contributed by atoms with E-state index < -0.39 is 0 Å². The highest BCUT2D eigenvalue weighted by Crippen LogP contribution is 2.42. The largest absolute Gasteiger partial charge is 0.493 e. The van der Waals surface area contributed by atoms with E-state index in [-0.39, 0.29) is 0 Å². The second-order valence-electron chi connectivity index (χ2n) is 8.49. The zero-order chi connectivity index (χ0) is 18.9. The first kappa shape index (κ1) is 18.5. The SMILES string of the molecule is COc1ccnc(CN2CCC3(CCC(=O)N(CC4CC4)C3)CC2)c1OC. The summed E-state index contributed by atoms with van der Waals surface area (Å²) in [6.07, 6.45) is 8.51. The van der Waals surface area contributed by atoms with Crippen molar-refractivity contribution in [2.24, 2.45) is 11.3 Å². The zero-order valence-corrected chi connectivity index (χ0v) is 16.6. The molecule has 3 aliphatic rings. The van der Waals surface area contributed by atoms with Gasteiger partial charge in [-0.15, -0.1) is 0 Å². The summed E-state index contributed by atoms with van der Waals surface area (Å²) in [5, 5.41) is 0. The second-order valence-corrected chi connectivity index (χ2v) is 8.49. The van der Waals surface area contributed by atoms with Crippen LogP contribution in [0.5, 0.6) is 11.5 Å². The van der Waals surface area contributed by atoms with Crippen molar-refractivity contribution in [3.63, 3.8) is 0 Å². The Morgan fingerprint density at radius 2 is 1.96 bits per heavy atom. The van der Waals surface area contributed by atoms with Crippen LogP contribution in [0.4, 0.5) is 0 Å². The van der Waals surface area contributed by atoms with E-state index in [9.17, 15) is 4.79 Å². The average Bonchev–Trinajstić information content (AvgIpc) is 3.50. The van der Waals surface area contributed by atoms with Gasteiger partial charge in [-0.25, -0.2) is 0 Å². The Bertz CT molecular complexity index is 681. The van der Waals surface area contributed by atoms with E-state index in [2.05, 4.69) is 14.8 Å². The van der Waals surface area contributed by atoms with Crippen molar-refractivity contribution in [1.29, 1.82) is 0 Å². The molecular formula is C21H31N3O3. The fraction of sp³-hybridized carbons (Fsp3) is 0.714. The molecule has 1 spiro atoms. The fourth-order valence-corrected chi connectivity index (χ4v) is 4.65. The van der Waals surface area contributed by atoms with Crippen LogP contribution >= 0.6 is 0 Å². The molecule has 6 heteroatoms. The number of rotatable bonds is 6. The highest BCUT2D eigenvalue weighted by Gasteiger charge is 2.42. The summed E-state index contributed by atoms with van der Waals surface area (Å²) in [4.78, 5) is 21.4. The maximum atomic E-state index is 12.3. The molecule has 0 bridgehead atoms. The van der Waals surface area contributed by atoms with Crippen LogP contribution in [0.15, 0.2) is 12.3 Å². The fourth-order valence-electron chi connectivity index (χ4n) is 4.65. The number of carbonyl (C=O) groups is 1. The molecule has 0 atom stereocenters. The van der Waals surface area contributed by atoms with Gasteiger partial charge < -0.3 is 14.4 Å². The Labute approximate surface area is 161 Å². The molecule has 0 N–H and O–H groups in total. The van der Waals surface area contributed by atoms with Crippen molar-refractivity contribution < 1.29 is 14.3 Å². The molecule has 1 saturated carbocycles. The Balaban J connectivity index is 1.37. The molecular weight excluding hydrogens is 342 g/mol. The predicted octanol–water partition coefficient (Wildman–Crippen LogP) is 2.71. The molecule has 0 aromatic carbocycles. The van der Waals surface area contributed by atoms with E-state index >= 15 is 0 Å². The maximum Gasteiger partial charge on any atom is 0.222 e. The van der Waals surface area contributed by atoms with E-state index in [1.807, 2.05) is 6.07 Å². The zero-order valence-electron chi connectivity index (χ0n) is 16.6. The molecule has 2 aliphatic heterocycles. The van der Waals surface area contributed by atoms with Crippen molar-refractivity contribution in [2.45, 2.75) is 45.1 Å². The maximum absolute atomic E-state index is 12.3. The van der Waals surface area contributed by atoms with Gasteiger partial charge in [0, 0.05) is 38.3 Å². The number of pyridine rings is 1. The van der Waals surface area contributed by atoms with E-state index in [1.54, 1.807) is 20.4 Å². The lowest BCUT2D eigenvalue weighted by Crippen LogP contribution is -2.51. The summed E-state index contributed by atoms with van der Waals surface area (Å²) >= 11 is 0. The Kier molecular flexibility index (Phi) is 5.26. The number of ether oxygens (including phenoxy) is 2. The molecule has 1 aromatic rings. The van der Waals surface area contributed by atoms with Crippen molar-refractivity contribution >= 4 is 5.91 Å². The minimum absolute atomic E-state index is 0.325. The van der Waals surface area contributed by atoms with Crippen LogP contribution in [0.25, 0.3) is 0 Å². The molecule has 0 radical (unpaired) electrons. The van der Waals surface area contributed by atoms with Gasteiger partial charge in [-0.1, -0.05) is 0 Å². The molecule has 1 aliphatic carbocycles. The van der Waals surface area contributed by atoms with E-state index in [0.29, 0.717) is 11.3 Å². The third-order valence-corrected chi connectivity index (χ3v) is 6.58. The van der Waals surface area contributed by atoms with E-state index in [0.717, 1.165) is 81.5 Å². The lowest BCUT2D eigenvalue weighted by molar-refractivity contribution is -0.139. The van der Waals surface area contributed by atoms with Gasteiger partial charge >= 0.3 is 0 Å². The van der Waals surface area contributed by atoms with Crippen LogP contribution in [-0.4, -0.2) is 61.1 Å². The first-order valence-corrected chi connectivity index (χ1v) is 10.2. The first-order chi connectivity index (χ1) is 13.1. The quantitative estimate of drug-likeness (QED) is 0.767. The third kappa shape index (κ3) is 4.05. The monoisotopic (exact) mass is 373 g/mol. The minimum atomic E-state index is 0.325. The van der Waals surface area contributed by atoms with Gasteiger partial charge in [0.05, 0.1) is 14.2 Å². The van der Waals surface area contributed by atoms with Crippen molar-refractivity contribution in [3.05, 3.63) is 18.0 Å². The molecule has 3 heterocycles. The summed E-state index contributed by atoms with van der Waals surface area (Å²) in [7, 11) is 3.33. The topological polar surface area (TPSA) is 54.9 Å². The van der Waals surface area contributed by atoms with Crippen molar-refractivity contribution in [2.75, 3.05) is 40.4 Å². The third-order valence-electron chi connectivity index (χ3n) is 6.58. The van der Waals surface area contributed by atoms with Crippen LogP contribution in [0, 0.1) is 11.3 Å². The average molecular weight is 373 g/mol. The Morgan fingerprint density at radius 3 is 2.63 bits per heavy atom. The molecule has 148 valence electrons. The number of methoxy groups -OCH3 is 2. The normalized spacial score (nSPS) is 22.9. The summed E-state index contributed by atoms with van der Waals surface area (Å²) in [6.45, 7) is 4.84. The number of aromatic nitrogens is 1. The molecule has 3 fully saturated rings. The number of piperidine rings is 2. The summed E-state index contributed by atoms with van der Waals surface area (Å²) in [6, 6.07) is 1.83. The number of nitrogens with zero attached hydrogens (tertiary/aromatic N) is 3. The molecule has 2 saturated heterocycles. The van der Waals surface area contributed by atoms with Crippen molar-refractivity contribution in [1.82, 2.24) is 14.8 Å². The van der Waals surface area contributed by atoms with E-state index in [4.69, 9.17) is 9.47 Å². The number of carbonyl (C=O) groups excluding carboxylic acids is 1. The number of likely N-dealkylation sites (tertiary alicyclic amines) is 2. The smallest absolute Gasteiger partial charge is 0.222 e. The molecule has 0 unspecified atom stereocenters. The number of hydrogen-bond donors (Lipinski definition) is 0. The highest BCUT2D eigenvalue weighted by atomic mass is 16.5. The second kappa shape index (κ2) is 7.66. The van der Waals surface area contributed by atoms with Crippen LogP contribution < -0.4 is 9.47 Å². The first-order valence-electron chi connectivity index (χ1n) is 10.2. The lowest BCUT2D eigenvalue weighted by atomic mass is 9.72. The van der Waals surface area contributed by atoms with Crippen molar-refractivity contribution in [3.8, 4) is 11.5 Å². The minimum Gasteiger partial charge on any atom is -0.493 e. The summed E-state index contributed by atoms with van der Waals surface area (Å²) < 4.78 is 10.9. The Morgan fingerprint density at radius 1 is 1.19 bits per heavy atom. The Hall–Kier alpha value is -1.82. The van der Waals surface area contributed by atoms with Gasteiger partial charge in [-0.05, 0) is 56.5 Å². The van der Waals surface area contributed by atoms with Crippen LogP contribution in [-0.2, 0) is 11.3 Å². The van der Waals surface area contributed by atoms with Crippen LogP contribution in [0.2, 0.25) is 0 Å². The predicted molar refractivity (Wildman–Crippen MR) is 103 cm³/mol. The molecule has 1 aromatic heterocycles. The molecule has 6 nitrogen and oxygen atoms in total. The van der Waals surface area contributed by atoms with Crippen LogP contribution in [0.1, 0.15) is 44.2 Å². The summed E-state index contributed by atoms with van der Waals surface area (Å²) in [5.41, 5.74) is 1.26. The van der Waals surface area contributed by atoms with Gasteiger partial charge in [0.15, 0.2) is 11.5 Å². The van der Waals surface area contributed by atoms with Gasteiger partial charge in [0.1, 0.15) is 5.69 Å². The summed E-state index contributed by atoms with van der Waals surface area (Å²) in [5.74, 6) is 2.62. The number of hydrogen-bond acceptors (Lipinski definition) is 5. The molecule has 1 amide bonds.